The summed E-state index contributed by atoms with van der Waals surface area (Å²) in [6, 6.07) is 2.22. The van der Waals surface area contributed by atoms with Crippen LogP contribution in [0.2, 0.25) is 0 Å². The molecule has 68 valence electrons. The standard InChI is InChI=1S/C9H12Br2S/c1-2-7(5-10)3-9-4-8(11)6-12-9/h4,6-7H,2-3,5H2,1H3. The maximum atomic E-state index is 3.53. The molecule has 0 aliphatic heterocycles. The molecule has 0 saturated carbocycles. The molecule has 1 rings (SSSR count). The molecule has 0 aliphatic carbocycles. The Hall–Kier alpha value is 0.660. The summed E-state index contributed by atoms with van der Waals surface area (Å²) in [5, 5.41) is 3.26. The molecule has 0 nitrogen and oxygen atoms in total. The molecule has 0 radical (unpaired) electrons. The van der Waals surface area contributed by atoms with Crippen LogP contribution in [0.4, 0.5) is 0 Å². The smallest absolute Gasteiger partial charge is 0.0285 e. The van der Waals surface area contributed by atoms with Crippen LogP contribution in [0.25, 0.3) is 0 Å². The van der Waals surface area contributed by atoms with E-state index in [1.54, 1.807) is 0 Å². The molecule has 1 unspecified atom stereocenters. The number of alkyl halides is 1. The van der Waals surface area contributed by atoms with Gasteiger partial charge in [0.05, 0.1) is 0 Å². The van der Waals surface area contributed by atoms with Crippen LogP contribution in [-0.2, 0) is 6.42 Å². The highest BCUT2D eigenvalue weighted by atomic mass is 79.9. The van der Waals surface area contributed by atoms with E-state index in [9.17, 15) is 0 Å². The van der Waals surface area contributed by atoms with Gasteiger partial charge in [0.1, 0.15) is 0 Å². The summed E-state index contributed by atoms with van der Waals surface area (Å²) in [6.07, 6.45) is 2.46. The van der Waals surface area contributed by atoms with Gasteiger partial charge in [0.25, 0.3) is 0 Å². The summed E-state index contributed by atoms with van der Waals surface area (Å²) in [7, 11) is 0. The van der Waals surface area contributed by atoms with Crippen LogP contribution < -0.4 is 0 Å². The quantitative estimate of drug-likeness (QED) is 0.719. The van der Waals surface area contributed by atoms with E-state index in [-0.39, 0.29) is 0 Å². The number of hydrogen-bond donors (Lipinski definition) is 0. The number of hydrogen-bond acceptors (Lipinski definition) is 1. The van der Waals surface area contributed by atoms with Crippen molar-refractivity contribution in [3.05, 3.63) is 20.8 Å². The highest BCUT2D eigenvalue weighted by molar-refractivity contribution is 9.10. The molecule has 0 amide bonds. The second-order valence-electron chi connectivity index (χ2n) is 2.86. The van der Waals surface area contributed by atoms with Crippen molar-refractivity contribution < 1.29 is 0 Å². The van der Waals surface area contributed by atoms with Gasteiger partial charge in [-0.15, -0.1) is 11.3 Å². The Bertz CT molecular complexity index is 228. The summed E-state index contributed by atoms with van der Waals surface area (Å²) >= 11 is 8.84. The van der Waals surface area contributed by atoms with Crippen LogP contribution in [0.5, 0.6) is 0 Å². The van der Waals surface area contributed by atoms with E-state index >= 15 is 0 Å². The second kappa shape index (κ2) is 5.40. The first kappa shape index (κ1) is 10.7. The van der Waals surface area contributed by atoms with Crippen LogP contribution in [0.1, 0.15) is 18.2 Å². The zero-order chi connectivity index (χ0) is 8.97. The lowest BCUT2D eigenvalue weighted by molar-refractivity contribution is 0.578. The van der Waals surface area contributed by atoms with E-state index in [4.69, 9.17) is 0 Å². The normalized spacial score (nSPS) is 13.2. The van der Waals surface area contributed by atoms with Gasteiger partial charge in [-0.3, -0.25) is 0 Å². The van der Waals surface area contributed by atoms with Gasteiger partial charge < -0.3 is 0 Å². The highest BCUT2D eigenvalue weighted by Crippen LogP contribution is 2.24. The van der Waals surface area contributed by atoms with Crippen LogP contribution in [-0.4, -0.2) is 5.33 Å². The number of halogens is 2. The lowest BCUT2D eigenvalue weighted by Gasteiger charge is -2.08. The predicted octanol–water partition coefficient (Wildman–Crippen LogP) is 4.47. The first-order valence-corrected chi connectivity index (χ1v) is 6.84. The van der Waals surface area contributed by atoms with Gasteiger partial charge >= 0.3 is 0 Å². The lowest BCUT2D eigenvalue weighted by atomic mass is 10.0. The van der Waals surface area contributed by atoms with Crippen LogP contribution in [0, 0.1) is 5.92 Å². The Balaban J connectivity index is 2.50. The fourth-order valence-corrected chi connectivity index (χ4v) is 3.31. The summed E-state index contributed by atoms with van der Waals surface area (Å²) < 4.78 is 1.21. The van der Waals surface area contributed by atoms with Gasteiger partial charge in [0.15, 0.2) is 0 Å². The van der Waals surface area contributed by atoms with E-state index < -0.39 is 0 Å². The van der Waals surface area contributed by atoms with Crippen molar-refractivity contribution >= 4 is 43.2 Å². The van der Waals surface area contributed by atoms with Crippen molar-refractivity contribution in [1.29, 1.82) is 0 Å². The third-order valence-corrected chi connectivity index (χ3v) is 4.54. The van der Waals surface area contributed by atoms with Crippen LogP contribution in [0.3, 0.4) is 0 Å². The molecular weight excluding hydrogens is 300 g/mol. The fraction of sp³-hybridized carbons (Fsp3) is 0.556. The van der Waals surface area contributed by atoms with Gasteiger partial charge in [-0.05, 0) is 34.3 Å². The second-order valence-corrected chi connectivity index (χ2v) is 5.42. The molecule has 12 heavy (non-hydrogen) atoms. The summed E-state index contributed by atoms with van der Waals surface area (Å²) in [5.74, 6) is 0.788. The monoisotopic (exact) mass is 310 g/mol. The molecule has 0 bridgehead atoms. The van der Waals surface area contributed by atoms with Crippen LogP contribution in [0.15, 0.2) is 15.9 Å². The van der Waals surface area contributed by atoms with Gasteiger partial charge in [-0.25, -0.2) is 0 Å². The molecule has 0 aromatic carbocycles. The Morgan fingerprint density at radius 3 is 2.75 bits per heavy atom. The first-order chi connectivity index (χ1) is 5.76. The Morgan fingerprint density at radius 1 is 1.58 bits per heavy atom. The lowest BCUT2D eigenvalue weighted by Crippen LogP contribution is -2.02. The Morgan fingerprint density at radius 2 is 2.33 bits per heavy atom. The maximum Gasteiger partial charge on any atom is 0.0285 e. The Kier molecular flexibility index (Phi) is 4.84. The molecule has 1 aromatic rings. The summed E-state index contributed by atoms with van der Waals surface area (Å²) in [6.45, 7) is 2.24. The van der Waals surface area contributed by atoms with E-state index in [2.05, 4.69) is 50.2 Å². The Labute approximate surface area is 94.6 Å². The predicted molar refractivity (Wildman–Crippen MR) is 63.3 cm³/mol. The number of thiophene rings is 1. The van der Waals surface area contributed by atoms with Crippen molar-refractivity contribution in [3.63, 3.8) is 0 Å². The zero-order valence-electron chi connectivity index (χ0n) is 7.02. The third-order valence-electron chi connectivity index (χ3n) is 1.91. The molecular formula is C9H12Br2S. The number of rotatable bonds is 4. The molecule has 0 saturated heterocycles. The minimum atomic E-state index is 0.788. The molecule has 1 heterocycles. The average Bonchev–Trinajstić information content (AvgIpc) is 2.47. The van der Waals surface area contributed by atoms with E-state index in [0.717, 1.165) is 11.2 Å². The largest absolute Gasteiger partial charge is 0.148 e. The average molecular weight is 312 g/mol. The van der Waals surface area contributed by atoms with Gasteiger partial charge in [0, 0.05) is 20.1 Å². The van der Waals surface area contributed by atoms with Crippen LogP contribution >= 0.6 is 43.2 Å². The molecule has 0 spiro atoms. The highest BCUT2D eigenvalue weighted by Gasteiger charge is 2.06. The molecule has 0 aliphatic rings. The summed E-state index contributed by atoms with van der Waals surface area (Å²) in [4.78, 5) is 1.48. The van der Waals surface area contributed by atoms with Crippen molar-refractivity contribution in [2.75, 3.05) is 5.33 Å². The van der Waals surface area contributed by atoms with Crippen molar-refractivity contribution in [2.24, 2.45) is 5.92 Å². The topological polar surface area (TPSA) is 0 Å². The minimum Gasteiger partial charge on any atom is -0.148 e. The maximum absolute atomic E-state index is 3.53. The molecule has 0 fully saturated rings. The minimum absolute atomic E-state index is 0.788. The van der Waals surface area contributed by atoms with E-state index in [1.165, 1.54) is 22.2 Å². The van der Waals surface area contributed by atoms with Gasteiger partial charge in [-0.1, -0.05) is 29.3 Å². The van der Waals surface area contributed by atoms with E-state index in [0.29, 0.717) is 0 Å². The molecule has 0 N–H and O–H groups in total. The molecule has 1 aromatic heterocycles. The third kappa shape index (κ3) is 3.19. The van der Waals surface area contributed by atoms with E-state index in [1.807, 2.05) is 11.3 Å². The first-order valence-electron chi connectivity index (χ1n) is 4.05. The van der Waals surface area contributed by atoms with Crippen molar-refractivity contribution in [1.82, 2.24) is 0 Å². The summed E-state index contributed by atoms with van der Waals surface area (Å²) in [5.41, 5.74) is 0. The van der Waals surface area contributed by atoms with Crippen molar-refractivity contribution in [3.8, 4) is 0 Å². The zero-order valence-corrected chi connectivity index (χ0v) is 11.0. The van der Waals surface area contributed by atoms with Crippen molar-refractivity contribution in [2.45, 2.75) is 19.8 Å². The van der Waals surface area contributed by atoms with Gasteiger partial charge in [-0.2, -0.15) is 0 Å². The fourth-order valence-electron chi connectivity index (χ4n) is 1.05. The SMILES string of the molecule is CCC(CBr)Cc1cc(Br)cs1. The van der Waals surface area contributed by atoms with Gasteiger partial charge in [0.2, 0.25) is 0 Å². The molecule has 3 heteroatoms. The molecule has 1 atom stereocenters.